The Kier molecular flexibility index (Phi) is 4.58. The van der Waals surface area contributed by atoms with Crippen molar-refractivity contribution in [3.63, 3.8) is 0 Å². The van der Waals surface area contributed by atoms with Crippen molar-refractivity contribution in [3.05, 3.63) is 70.0 Å². The molecule has 0 amide bonds. The van der Waals surface area contributed by atoms with E-state index in [1.54, 1.807) is 24.5 Å². The van der Waals surface area contributed by atoms with Gasteiger partial charge < -0.3 is 5.32 Å². The molecule has 19 heavy (non-hydrogen) atoms. The summed E-state index contributed by atoms with van der Waals surface area (Å²) in [5, 5.41) is 14.1. The predicted octanol–water partition coefficient (Wildman–Crippen LogP) is 2.32. The smallest absolute Gasteiger partial charge is 0.272 e. The molecule has 0 aliphatic heterocycles. The number of nitro benzene ring substituents is 1. The second kappa shape index (κ2) is 6.61. The van der Waals surface area contributed by atoms with E-state index in [0.717, 1.165) is 11.1 Å². The first-order valence-electron chi connectivity index (χ1n) is 6.09. The van der Waals surface area contributed by atoms with Gasteiger partial charge in [0.05, 0.1) is 4.92 Å². The van der Waals surface area contributed by atoms with Crippen LogP contribution in [0.15, 0.2) is 48.8 Å². The lowest BCUT2D eigenvalue weighted by Crippen LogP contribution is -2.17. The van der Waals surface area contributed by atoms with Crippen LogP contribution in [0.3, 0.4) is 0 Å². The lowest BCUT2D eigenvalue weighted by molar-refractivity contribution is -0.385. The average molecular weight is 257 g/mol. The van der Waals surface area contributed by atoms with Crippen LogP contribution in [0, 0.1) is 10.1 Å². The molecule has 1 heterocycles. The monoisotopic (exact) mass is 257 g/mol. The van der Waals surface area contributed by atoms with Crippen LogP contribution in [0.2, 0.25) is 0 Å². The topological polar surface area (TPSA) is 68.1 Å². The van der Waals surface area contributed by atoms with E-state index in [2.05, 4.69) is 10.3 Å². The molecule has 0 spiro atoms. The van der Waals surface area contributed by atoms with Crippen molar-refractivity contribution in [3.8, 4) is 0 Å². The van der Waals surface area contributed by atoms with Crippen molar-refractivity contribution in [2.24, 2.45) is 0 Å². The summed E-state index contributed by atoms with van der Waals surface area (Å²) >= 11 is 0. The average Bonchev–Trinajstić information content (AvgIpc) is 2.45. The number of rotatable bonds is 6. The van der Waals surface area contributed by atoms with Gasteiger partial charge in [-0.3, -0.25) is 15.1 Å². The minimum Gasteiger partial charge on any atom is -0.312 e. The van der Waals surface area contributed by atoms with Crippen LogP contribution in [0.5, 0.6) is 0 Å². The van der Waals surface area contributed by atoms with E-state index in [1.165, 1.54) is 6.07 Å². The fraction of sp³-hybridized carbons (Fsp3) is 0.214. The second-order valence-electron chi connectivity index (χ2n) is 4.17. The third-order valence-corrected chi connectivity index (χ3v) is 2.81. The van der Waals surface area contributed by atoms with E-state index >= 15 is 0 Å². The Hall–Kier alpha value is -2.27. The fourth-order valence-corrected chi connectivity index (χ4v) is 1.86. The van der Waals surface area contributed by atoms with Gasteiger partial charge >= 0.3 is 0 Å². The minimum absolute atomic E-state index is 0.186. The standard InChI is InChI=1S/C14H15N3O2/c18-17(19)14-6-2-1-5-13(14)7-9-16-11-12-4-3-8-15-10-12/h1-6,8,10,16H,7,9,11H2. The van der Waals surface area contributed by atoms with Crippen molar-refractivity contribution in [2.45, 2.75) is 13.0 Å². The molecule has 0 aliphatic carbocycles. The molecule has 0 unspecified atom stereocenters. The van der Waals surface area contributed by atoms with Crippen LogP contribution in [0.1, 0.15) is 11.1 Å². The summed E-state index contributed by atoms with van der Waals surface area (Å²) in [4.78, 5) is 14.5. The molecule has 0 aliphatic rings. The Labute approximate surface area is 111 Å². The van der Waals surface area contributed by atoms with Crippen LogP contribution in [-0.4, -0.2) is 16.5 Å². The van der Waals surface area contributed by atoms with Crippen LogP contribution in [-0.2, 0) is 13.0 Å². The number of benzene rings is 1. The number of pyridine rings is 1. The van der Waals surface area contributed by atoms with Gasteiger partial charge in [0.1, 0.15) is 0 Å². The number of nitro groups is 1. The highest BCUT2D eigenvalue weighted by molar-refractivity contribution is 5.39. The van der Waals surface area contributed by atoms with Gasteiger partial charge in [-0.25, -0.2) is 0 Å². The summed E-state index contributed by atoms with van der Waals surface area (Å²) in [6, 6.07) is 10.7. The summed E-state index contributed by atoms with van der Waals surface area (Å²) in [7, 11) is 0. The van der Waals surface area contributed by atoms with Gasteiger partial charge in [-0.05, 0) is 24.6 Å². The summed E-state index contributed by atoms with van der Waals surface area (Å²) < 4.78 is 0. The summed E-state index contributed by atoms with van der Waals surface area (Å²) in [6.45, 7) is 1.41. The number of aromatic nitrogens is 1. The zero-order chi connectivity index (χ0) is 13.5. The SMILES string of the molecule is O=[N+]([O-])c1ccccc1CCNCc1cccnc1. The molecule has 0 atom stereocenters. The molecule has 1 N–H and O–H groups in total. The Balaban J connectivity index is 1.85. The molecule has 1 aromatic carbocycles. The zero-order valence-electron chi connectivity index (χ0n) is 10.5. The zero-order valence-corrected chi connectivity index (χ0v) is 10.5. The normalized spacial score (nSPS) is 10.3. The maximum Gasteiger partial charge on any atom is 0.272 e. The molecule has 2 aromatic rings. The third-order valence-electron chi connectivity index (χ3n) is 2.81. The van der Waals surface area contributed by atoms with Crippen LogP contribution < -0.4 is 5.32 Å². The summed E-state index contributed by atoms with van der Waals surface area (Å²) in [6.07, 6.45) is 4.17. The van der Waals surface area contributed by atoms with Gasteiger partial charge in [0.15, 0.2) is 0 Å². The number of para-hydroxylation sites is 1. The van der Waals surface area contributed by atoms with Crippen molar-refractivity contribution in [2.75, 3.05) is 6.54 Å². The molecule has 2 rings (SSSR count). The molecule has 5 nitrogen and oxygen atoms in total. The largest absolute Gasteiger partial charge is 0.312 e. The highest BCUT2D eigenvalue weighted by atomic mass is 16.6. The van der Waals surface area contributed by atoms with Gasteiger partial charge in [0, 0.05) is 30.6 Å². The minimum atomic E-state index is -0.337. The molecule has 0 bridgehead atoms. The molecule has 0 fully saturated rings. The molecule has 98 valence electrons. The highest BCUT2D eigenvalue weighted by Gasteiger charge is 2.11. The Morgan fingerprint density at radius 2 is 2.05 bits per heavy atom. The Bertz CT molecular complexity index is 543. The van der Waals surface area contributed by atoms with E-state index in [-0.39, 0.29) is 10.6 Å². The lowest BCUT2D eigenvalue weighted by atomic mass is 10.1. The van der Waals surface area contributed by atoms with Crippen LogP contribution in [0.25, 0.3) is 0 Å². The first kappa shape index (κ1) is 13.2. The number of nitrogens with zero attached hydrogens (tertiary/aromatic N) is 2. The van der Waals surface area contributed by atoms with Crippen molar-refractivity contribution >= 4 is 5.69 Å². The van der Waals surface area contributed by atoms with E-state index in [1.807, 2.05) is 18.2 Å². The Morgan fingerprint density at radius 3 is 2.79 bits per heavy atom. The van der Waals surface area contributed by atoms with Crippen molar-refractivity contribution in [1.82, 2.24) is 10.3 Å². The van der Waals surface area contributed by atoms with Crippen molar-refractivity contribution < 1.29 is 4.92 Å². The fourth-order valence-electron chi connectivity index (χ4n) is 1.86. The molecular formula is C14H15N3O2. The maximum atomic E-state index is 10.9. The first-order valence-corrected chi connectivity index (χ1v) is 6.09. The summed E-state index contributed by atoms with van der Waals surface area (Å²) in [5.74, 6) is 0. The predicted molar refractivity (Wildman–Crippen MR) is 72.7 cm³/mol. The maximum absolute atomic E-state index is 10.9. The second-order valence-corrected chi connectivity index (χ2v) is 4.17. The quantitative estimate of drug-likeness (QED) is 0.490. The van der Waals surface area contributed by atoms with E-state index in [4.69, 9.17) is 0 Å². The van der Waals surface area contributed by atoms with Gasteiger partial charge in [-0.2, -0.15) is 0 Å². The van der Waals surface area contributed by atoms with Crippen LogP contribution >= 0.6 is 0 Å². The summed E-state index contributed by atoms with van der Waals surface area (Å²) in [5.41, 5.74) is 2.04. The van der Waals surface area contributed by atoms with Gasteiger partial charge in [0.25, 0.3) is 5.69 Å². The molecule has 5 heteroatoms. The van der Waals surface area contributed by atoms with Gasteiger partial charge in [-0.1, -0.05) is 24.3 Å². The molecular weight excluding hydrogens is 242 g/mol. The molecule has 0 radical (unpaired) electrons. The molecule has 0 saturated carbocycles. The lowest BCUT2D eigenvalue weighted by Gasteiger charge is -2.05. The van der Waals surface area contributed by atoms with Gasteiger partial charge in [0.2, 0.25) is 0 Å². The van der Waals surface area contributed by atoms with E-state index < -0.39 is 0 Å². The van der Waals surface area contributed by atoms with E-state index in [0.29, 0.717) is 19.5 Å². The van der Waals surface area contributed by atoms with Crippen LogP contribution in [0.4, 0.5) is 5.69 Å². The highest BCUT2D eigenvalue weighted by Crippen LogP contribution is 2.17. The van der Waals surface area contributed by atoms with E-state index in [9.17, 15) is 10.1 Å². The number of hydrogen-bond acceptors (Lipinski definition) is 4. The van der Waals surface area contributed by atoms with Crippen molar-refractivity contribution in [1.29, 1.82) is 0 Å². The molecule has 1 aromatic heterocycles. The number of nitrogens with one attached hydrogen (secondary N) is 1. The third kappa shape index (κ3) is 3.86. The molecule has 0 saturated heterocycles. The number of hydrogen-bond donors (Lipinski definition) is 1. The first-order chi connectivity index (χ1) is 9.27. The van der Waals surface area contributed by atoms with Gasteiger partial charge in [-0.15, -0.1) is 0 Å². The Morgan fingerprint density at radius 1 is 1.21 bits per heavy atom.